The molecule has 2 aromatic heterocycles. The first-order valence-electron chi connectivity index (χ1n) is 7.63. The molecule has 0 aliphatic heterocycles. The van der Waals surface area contributed by atoms with Gasteiger partial charge in [-0.05, 0) is 29.8 Å². The fraction of sp³-hybridized carbons (Fsp3) is 0.0526. The highest BCUT2D eigenvalue weighted by atomic mass is 16.5. The second-order valence-corrected chi connectivity index (χ2v) is 5.39. The lowest BCUT2D eigenvalue weighted by atomic mass is 10.0. The highest BCUT2D eigenvalue weighted by Gasteiger charge is 2.16. The molecule has 118 valence electrons. The Kier molecular flexibility index (Phi) is 3.59. The zero-order valence-corrected chi connectivity index (χ0v) is 13.2. The summed E-state index contributed by atoms with van der Waals surface area (Å²) in [4.78, 5) is 3.40. The zero-order valence-electron chi connectivity index (χ0n) is 13.2. The molecule has 0 atom stereocenters. The third-order valence-electron chi connectivity index (χ3n) is 3.99. The van der Waals surface area contributed by atoms with Gasteiger partial charge in [-0.15, -0.1) is 10.2 Å². The number of benzene rings is 2. The maximum atomic E-state index is 5.25. The van der Waals surface area contributed by atoms with Crippen molar-refractivity contribution in [3.8, 4) is 33.8 Å². The second kappa shape index (κ2) is 6.04. The molecule has 5 nitrogen and oxygen atoms in total. The molecule has 0 radical (unpaired) electrons. The number of aromatic amines is 1. The van der Waals surface area contributed by atoms with Crippen LogP contribution < -0.4 is 4.74 Å². The molecular weight excluding hydrogens is 300 g/mol. The van der Waals surface area contributed by atoms with Crippen molar-refractivity contribution in [1.82, 2.24) is 19.7 Å². The molecule has 24 heavy (non-hydrogen) atoms. The van der Waals surface area contributed by atoms with Gasteiger partial charge in [-0.1, -0.05) is 30.3 Å². The first-order chi connectivity index (χ1) is 11.9. The van der Waals surface area contributed by atoms with Crippen LogP contribution in [0, 0.1) is 0 Å². The quantitative estimate of drug-likeness (QED) is 0.620. The molecule has 5 heteroatoms. The van der Waals surface area contributed by atoms with E-state index in [0.717, 1.165) is 33.8 Å². The van der Waals surface area contributed by atoms with Crippen LogP contribution in [-0.2, 0) is 0 Å². The third kappa shape index (κ3) is 2.46. The normalized spacial score (nSPS) is 10.7. The molecule has 0 unspecified atom stereocenters. The first kappa shape index (κ1) is 14.3. The molecule has 0 bridgehead atoms. The molecule has 0 fully saturated rings. The van der Waals surface area contributed by atoms with Crippen LogP contribution in [0.25, 0.3) is 28.1 Å². The summed E-state index contributed by atoms with van der Waals surface area (Å²) in [7, 11) is 1.67. The van der Waals surface area contributed by atoms with E-state index in [0.29, 0.717) is 0 Å². The van der Waals surface area contributed by atoms with Crippen molar-refractivity contribution in [3.05, 3.63) is 73.4 Å². The highest BCUT2D eigenvalue weighted by Crippen LogP contribution is 2.35. The topological polar surface area (TPSA) is 55.7 Å². The Bertz CT molecular complexity index is 925. The van der Waals surface area contributed by atoms with E-state index in [2.05, 4.69) is 27.3 Å². The van der Waals surface area contributed by atoms with Crippen LogP contribution in [0.15, 0.2) is 73.4 Å². The van der Waals surface area contributed by atoms with Gasteiger partial charge in [0.1, 0.15) is 18.4 Å². The van der Waals surface area contributed by atoms with Gasteiger partial charge in [0, 0.05) is 17.3 Å². The lowest BCUT2D eigenvalue weighted by Gasteiger charge is -2.09. The number of aromatic nitrogens is 4. The Morgan fingerprint density at radius 2 is 1.58 bits per heavy atom. The Morgan fingerprint density at radius 3 is 2.25 bits per heavy atom. The standard InChI is InChI=1S/C19H16N4O/c1-24-16-9-7-15(8-10-16)18-19(23-12-21-22-13-23)17(11-20-18)14-5-3-2-4-6-14/h2-13,20H,1H3. The van der Waals surface area contributed by atoms with E-state index < -0.39 is 0 Å². The van der Waals surface area contributed by atoms with Gasteiger partial charge in [0.05, 0.1) is 18.5 Å². The Hall–Kier alpha value is -3.34. The molecule has 2 aromatic carbocycles. The fourth-order valence-electron chi connectivity index (χ4n) is 2.82. The van der Waals surface area contributed by atoms with Crippen LogP contribution in [-0.4, -0.2) is 26.9 Å². The monoisotopic (exact) mass is 316 g/mol. The number of methoxy groups -OCH3 is 1. The average molecular weight is 316 g/mol. The van der Waals surface area contributed by atoms with Crippen LogP contribution in [0.5, 0.6) is 5.75 Å². The van der Waals surface area contributed by atoms with E-state index >= 15 is 0 Å². The van der Waals surface area contributed by atoms with E-state index in [4.69, 9.17) is 4.74 Å². The third-order valence-corrected chi connectivity index (χ3v) is 3.99. The van der Waals surface area contributed by atoms with Gasteiger partial charge >= 0.3 is 0 Å². The SMILES string of the molecule is COc1ccc(-c2[nH]cc(-c3ccccc3)c2-n2cnnc2)cc1. The fourth-order valence-corrected chi connectivity index (χ4v) is 2.82. The van der Waals surface area contributed by atoms with E-state index in [9.17, 15) is 0 Å². The number of rotatable bonds is 4. The molecule has 0 amide bonds. The van der Waals surface area contributed by atoms with Crippen molar-refractivity contribution in [2.24, 2.45) is 0 Å². The van der Waals surface area contributed by atoms with E-state index in [1.54, 1.807) is 19.8 Å². The summed E-state index contributed by atoms with van der Waals surface area (Å²) in [5.41, 5.74) is 5.34. The van der Waals surface area contributed by atoms with Gasteiger partial charge < -0.3 is 9.72 Å². The molecule has 4 aromatic rings. The summed E-state index contributed by atoms with van der Waals surface area (Å²) < 4.78 is 7.18. The highest BCUT2D eigenvalue weighted by molar-refractivity contribution is 5.84. The second-order valence-electron chi connectivity index (χ2n) is 5.39. The smallest absolute Gasteiger partial charge is 0.124 e. The minimum absolute atomic E-state index is 0.833. The van der Waals surface area contributed by atoms with Crippen molar-refractivity contribution < 1.29 is 4.74 Å². The van der Waals surface area contributed by atoms with Crippen LogP contribution in [0.4, 0.5) is 0 Å². The van der Waals surface area contributed by atoms with Gasteiger partial charge in [0.2, 0.25) is 0 Å². The maximum absolute atomic E-state index is 5.25. The minimum atomic E-state index is 0.833. The van der Waals surface area contributed by atoms with Crippen LogP contribution >= 0.6 is 0 Å². The van der Waals surface area contributed by atoms with E-state index in [1.807, 2.05) is 53.2 Å². The minimum Gasteiger partial charge on any atom is -0.497 e. The Morgan fingerprint density at radius 1 is 0.875 bits per heavy atom. The van der Waals surface area contributed by atoms with Gasteiger partial charge in [0.15, 0.2) is 0 Å². The molecule has 0 spiro atoms. The first-order valence-corrected chi connectivity index (χ1v) is 7.63. The molecule has 1 N–H and O–H groups in total. The summed E-state index contributed by atoms with van der Waals surface area (Å²) in [5.74, 6) is 0.833. The lowest BCUT2D eigenvalue weighted by Crippen LogP contribution is -1.94. The summed E-state index contributed by atoms with van der Waals surface area (Å²) in [6, 6.07) is 18.2. The molecule has 0 saturated carbocycles. The predicted molar refractivity (Wildman–Crippen MR) is 93.1 cm³/mol. The number of nitrogens with zero attached hydrogens (tertiary/aromatic N) is 3. The Balaban J connectivity index is 1.90. The van der Waals surface area contributed by atoms with E-state index in [1.165, 1.54) is 0 Å². The summed E-state index contributed by atoms with van der Waals surface area (Å²) >= 11 is 0. The number of hydrogen-bond acceptors (Lipinski definition) is 3. The van der Waals surface area contributed by atoms with E-state index in [-0.39, 0.29) is 0 Å². The van der Waals surface area contributed by atoms with Crippen molar-refractivity contribution in [2.75, 3.05) is 7.11 Å². The molecular formula is C19H16N4O. The van der Waals surface area contributed by atoms with Crippen LogP contribution in [0.1, 0.15) is 0 Å². The van der Waals surface area contributed by atoms with Gasteiger partial charge in [0.25, 0.3) is 0 Å². The van der Waals surface area contributed by atoms with Gasteiger partial charge in [-0.2, -0.15) is 0 Å². The zero-order chi connectivity index (χ0) is 16.4. The van der Waals surface area contributed by atoms with Crippen LogP contribution in [0.2, 0.25) is 0 Å². The Labute approximate surface area is 139 Å². The van der Waals surface area contributed by atoms with Gasteiger partial charge in [-0.3, -0.25) is 4.57 Å². The largest absolute Gasteiger partial charge is 0.497 e. The van der Waals surface area contributed by atoms with Crippen molar-refractivity contribution in [3.63, 3.8) is 0 Å². The maximum Gasteiger partial charge on any atom is 0.124 e. The van der Waals surface area contributed by atoms with Crippen molar-refractivity contribution >= 4 is 0 Å². The number of ether oxygens (including phenoxy) is 1. The van der Waals surface area contributed by atoms with Gasteiger partial charge in [-0.25, -0.2) is 0 Å². The molecule has 2 heterocycles. The lowest BCUT2D eigenvalue weighted by molar-refractivity contribution is 0.415. The van der Waals surface area contributed by atoms with Crippen molar-refractivity contribution in [2.45, 2.75) is 0 Å². The molecule has 4 rings (SSSR count). The predicted octanol–water partition coefficient (Wildman–Crippen LogP) is 3.94. The number of H-pyrrole nitrogens is 1. The summed E-state index contributed by atoms with van der Waals surface area (Å²) in [6.07, 6.45) is 5.44. The molecule has 0 aliphatic carbocycles. The molecule has 0 aliphatic rings. The summed E-state index contributed by atoms with van der Waals surface area (Å²) in [6.45, 7) is 0. The van der Waals surface area contributed by atoms with Crippen molar-refractivity contribution in [1.29, 1.82) is 0 Å². The average Bonchev–Trinajstić information content (AvgIpc) is 3.32. The molecule has 0 saturated heterocycles. The summed E-state index contributed by atoms with van der Waals surface area (Å²) in [5, 5.41) is 7.91. The number of hydrogen-bond donors (Lipinski definition) is 1. The number of nitrogens with one attached hydrogen (secondary N) is 1. The van der Waals surface area contributed by atoms with Crippen LogP contribution in [0.3, 0.4) is 0 Å².